The Hall–Kier alpha value is -2.03. The highest BCUT2D eigenvalue weighted by Crippen LogP contribution is 2.29. The number of rotatable bonds is 1. The molecule has 1 N–H and O–H groups in total. The van der Waals surface area contributed by atoms with Crippen molar-refractivity contribution >= 4 is 16.8 Å². The van der Waals surface area contributed by atoms with Gasteiger partial charge in [-0.2, -0.15) is 0 Å². The van der Waals surface area contributed by atoms with Crippen molar-refractivity contribution in [1.29, 1.82) is 0 Å². The molecule has 2 aromatic rings. The van der Waals surface area contributed by atoms with E-state index in [1.807, 2.05) is 0 Å². The maximum Gasteiger partial charge on any atom is 0.226 e. The largest absolute Gasteiger partial charge is 0.358 e. The molecular weight excluding hydrogens is 260 g/mol. The van der Waals surface area contributed by atoms with E-state index < -0.39 is 0 Å². The number of allylic oxidation sites excluding steroid dienone is 2. The summed E-state index contributed by atoms with van der Waals surface area (Å²) in [6.07, 6.45) is 8.26. The van der Waals surface area contributed by atoms with Crippen molar-refractivity contribution in [3.63, 3.8) is 0 Å². The fraction of sp³-hybridized carbons (Fsp3) is 0.389. The third kappa shape index (κ3) is 2.17. The van der Waals surface area contributed by atoms with Crippen LogP contribution in [0.25, 0.3) is 10.9 Å². The predicted molar refractivity (Wildman–Crippen MR) is 83.9 cm³/mol. The average molecular weight is 280 g/mol. The first-order valence-electron chi connectivity index (χ1n) is 7.85. The van der Waals surface area contributed by atoms with Crippen molar-refractivity contribution in [2.45, 2.75) is 32.2 Å². The van der Waals surface area contributed by atoms with E-state index in [2.05, 4.69) is 46.3 Å². The third-order valence-electron chi connectivity index (χ3n) is 4.81. The Morgan fingerprint density at radius 2 is 2.14 bits per heavy atom. The van der Waals surface area contributed by atoms with Gasteiger partial charge in [0, 0.05) is 47.6 Å². The first-order chi connectivity index (χ1) is 10.3. The van der Waals surface area contributed by atoms with Crippen LogP contribution >= 0.6 is 0 Å². The summed E-state index contributed by atoms with van der Waals surface area (Å²) < 4.78 is 0. The predicted octanol–water partition coefficient (Wildman–Crippen LogP) is 3.41. The van der Waals surface area contributed by atoms with Crippen molar-refractivity contribution in [3.8, 4) is 0 Å². The first kappa shape index (κ1) is 12.7. The van der Waals surface area contributed by atoms with E-state index in [-0.39, 0.29) is 5.92 Å². The fourth-order valence-corrected chi connectivity index (χ4v) is 3.63. The molecule has 3 nitrogen and oxygen atoms in total. The maximum absolute atomic E-state index is 12.7. The number of carbonyl (C=O) groups is 1. The lowest BCUT2D eigenvalue weighted by Gasteiger charge is -2.31. The van der Waals surface area contributed by atoms with E-state index in [0.717, 1.165) is 38.8 Å². The number of aromatic amines is 1. The van der Waals surface area contributed by atoms with Gasteiger partial charge in [0.15, 0.2) is 0 Å². The Morgan fingerprint density at radius 3 is 3.00 bits per heavy atom. The van der Waals surface area contributed by atoms with Gasteiger partial charge in [-0.25, -0.2) is 0 Å². The second-order valence-electron chi connectivity index (χ2n) is 6.12. The third-order valence-corrected chi connectivity index (χ3v) is 4.81. The second kappa shape index (κ2) is 5.06. The number of para-hydroxylation sites is 1. The second-order valence-corrected chi connectivity index (χ2v) is 6.12. The fourth-order valence-electron chi connectivity index (χ4n) is 3.63. The number of fused-ring (bicyclic) bond motifs is 3. The normalized spacial score (nSPS) is 21.5. The quantitative estimate of drug-likeness (QED) is 0.798. The lowest BCUT2D eigenvalue weighted by atomic mass is 9.92. The van der Waals surface area contributed by atoms with E-state index in [1.165, 1.54) is 22.2 Å². The molecule has 1 aliphatic carbocycles. The number of carbonyl (C=O) groups excluding carboxylic acids is 1. The summed E-state index contributed by atoms with van der Waals surface area (Å²) >= 11 is 0. The molecule has 4 rings (SSSR count). The van der Waals surface area contributed by atoms with E-state index in [0.29, 0.717) is 5.91 Å². The molecular formula is C18H20N2O. The summed E-state index contributed by atoms with van der Waals surface area (Å²) in [6, 6.07) is 8.40. The molecule has 1 unspecified atom stereocenters. The zero-order valence-electron chi connectivity index (χ0n) is 12.1. The highest BCUT2D eigenvalue weighted by molar-refractivity contribution is 5.86. The minimum absolute atomic E-state index is 0.196. The van der Waals surface area contributed by atoms with Crippen LogP contribution in [-0.2, 0) is 17.8 Å². The van der Waals surface area contributed by atoms with Gasteiger partial charge in [-0.3, -0.25) is 4.79 Å². The van der Waals surface area contributed by atoms with Gasteiger partial charge in [-0.15, -0.1) is 0 Å². The molecule has 3 heteroatoms. The van der Waals surface area contributed by atoms with Gasteiger partial charge < -0.3 is 9.88 Å². The SMILES string of the molecule is O=C(C1CC=CCC1)N1CCc2[nH]c3ccccc3c2C1. The van der Waals surface area contributed by atoms with Gasteiger partial charge in [0.05, 0.1) is 0 Å². The number of hydrogen-bond acceptors (Lipinski definition) is 1. The highest BCUT2D eigenvalue weighted by Gasteiger charge is 2.28. The van der Waals surface area contributed by atoms with Crippen LogP contribution in [0.2, 0.25) is 0 Å². The smallest absolute Gasteiger partial charge is 0.226 e. The molecule has 0 bridgehead atoms. The number of hydrogen-bond donors (Lipinski definition) is 1. The van der Waals surface area contributed by atoms with Crippen molar-refractivity contribution in [1.82, 2.24) is 9.88 Å². The Bertz CT molecular complexity index is 713. The van der Waals surface area contributed by atoms with Gasteiger partial charge in [-0.1, -0.05) is 30.4 Å². The molecule has 1 amide bonds. The standard InChI is InChI=1S/C18H20N2O/c21-18(13-6-2-1-3-7-13)20-11-10-17-15(12-20)14-8-4-5-9-16(14)19-17/h1-2,4-5,8-9,13,19H,3,6-7,10-12H2. The number of amides is 1. The highest BCUT2D eigenvalue weighted by atomic mass is 16.2. The van der Waals surface area contributed by atoms with Crippen LogP contribution in [0.4, 0.5) is 0 Å². The molecule has 0 saturated carbocycles. The van der Waals surface area contributed by atoms with Gasteiger partial charge >= 0.3 is 0 Å². The molecule has 1 atom stereocenters. The maximum atomic E-state index is 12.7. The van der Waals surface area contributed by atoms with Crippen LogP contribution in [0, 0.1) is 5.92 Å². The summed E-state index contributed by atoms with van der Waals surface area (Å²) in [5.41, 5.74) is 3.82. The van der Waals surface area contributed by atoms with Crippen LogP contribution < -0.4 is 0 Å². The molecule has 0 radical (unpaired) electrons. The molecule has 0 spiro atoms. The van der Waals surface area contributed by atoms with E-state index >= 15 is 0 Å². The molecule has 1 aromatic carbocycles. The van der Waals surface area contributed by atoms with Crippen molar-refractivity contribution < 1.29 is 4.79 Å². The van der Waals surface area contributed by atoms with Crippen LogP contribution in [-0.4, -0.2) is 22.3 Å². The minimum atomic E-state index is 0.196. The summed E-state index contributed by atoms with van der Waals surface area (Å²) in [4.78, 5) is 18.3. The number of benzene rings is 1. The summed E-state index contributed by atoms with van der Waals surface area (Å²) in [7, 11) is 0. The molecule has 2 aliphatic rings. The lowest BCUT2D eigenvalue weighted by Crippen LogP contribution is -2.39. The average Bonchev–Trinajstić information content (AvgIpc) is 2.93. The summed E-state index contributed by atoms with van der Waals surface area (Å²) in [6.45, 7) is 1.61. The Labute approximate surface area is 124 Å². The molecule has 108 valence electrons. The zero-order chi connectivity index (χ0) is 14.2. The molecule has 0 fully saturated rings. The van der Waals surface area contributed by atoms with Gasteiger partial charge in [0.25, 0.3) is 0 Å². The molecule has 0 saturated heterocycles. The topological polar surface area (TPSA) is 36.1 Å². The van der Waals surface area contributed by atoms with Gasteiger partial charge in [0.1, 0.15) is 0 Å². The van der Waals surface area contributed by atoms with Crippen molar-refractivity contribution in [3.05, 3.63) is 47.7 Å². The Kier molecular flexibility index (Phi) is 3.06. The van der Waals surface area contributed by atoms with Crippen molar-refractivity contribution in [2.75, 3.05) is 6.54 Å². The molecule has 1 aromatic heterocycles. The van der Waals surface area contributed by atoms with Crippen LogP contribution in [0.15, 0.2) is 36.4 Å². The number of nitrogens with one attached hydrogen (secondary N) is 1. The summed E-state index contributed by atoms with van der Waals surface area (Å²) in [5.74, 6) is 0.539. The van der Waals surface area contributed by atoms with Crippen LogP contribution in [0.5, 0.6) is 0 Å². The first-order valence-corrected chi connectivity index (χ1v) is 7.85. The molecule has 1 aliphatic heterocycles. The van der Waals surface area contributed by atoms with Crippen molar-refractivity contribution in [2.24, 2.45) is 5.92 Å². The number of H-pyrrole nitrogens is 1. The molecule has 21 heavy (non-hydrogen) atoms. The van der Waals surface area contributed by atoms with E-state index in [9.17, 15) is 4.79 Å². The summed E-state index contributed by atoms with van der Waals surface area (Å²) in [5, 5.41) is 1.27. The Morgan fingerprint density at radius 1 is 1.24 bits per heavy atom. The lowest BCUT2D eigenvalue weighted by molar-refractivity contribution is -0.136. The van der Waals surface area contributed by atoms with Crippen LogP contribution in [0.1, 0.15) is 30.5 Å². The van der Waals surface area contributed by atoms with Gasteiger partial charge in [0.2, 0.25) is 5.91 Å². The van der Waals surface area contributed by atoms with E-state index in [1.54, 1.807) is 0 Å². The van der Waals surface area contributed by atoms with Crippen LogP contribution in [0.3, 0.4) is 0 Å². The van der Waals surface area contributed by atoms with E-state index in [4.69, 9.17) is 0 Å². The Balaban J connectivity index is 1.61. The minimum Gasteiger partial charge on any atom is -0.358 e. The van der Waals surface area contributed by atoms with Gasteiger partial charge in [-0.05, 0) is 25.3 Å². The zero-order valence-corrected chi connectivity index (χ0v) is 12.1. The number of nitrogens with zero attached hydrogens (tertiary/aromatic N) is 1. The molecule has 2 heterocycles. The monoisotopic (exact) mass is 280 g/mol. The number of aromatic nitrogens is 1.